The molecule has 3 atom stereocenters. The van der Waals surface area contributed by atoms with E-state index in [-0.39, 0.29) is 12.0 Å². The number of pyridine rings is 1. The van der Waals surface area contributed by atoms with Crippen molar-refractivity contribution in [2.45, 2.75) is 50.7 Å². The summed E-state index contributed by atoms with van der Waals surface area (Å²) in [6, 6.07) is 6.30. The monoisotopic (exact) mass is 329 g/mol. The van der Waals surface area contributed by atoms with E-state index in [2.05, 4.69) is 14.8 Å². The van der Waals surface area contributed by atoms with Crippen molar-refractivity contribution in [2.24, 2.45) is 5.92 Å². The minimum Gasteiger partial charge on any atom is -0.374 e. The van der Waals surface area contributed by atoms with Crippen LogP contribution in [-0.4, -0.2) is 54.2 Å². The Hall–Kier alpha value is -1.62. The lowest BCUT2D eigenvalue weighted by atomic mass is 9.88. The van der Waals surface area contributed by atoms with Gasteiger partial charge >= 0.3 is 0 Å². The Morgan fingerprint density at radius 2 is 2.04 bits per heavy atom. The van der Waals surface area contributed by atoms with Gasteiger partial charge < -0.3 is 14.5 Å². The molecule has 5 heteroatoms. The fourth-order valence-electron chi connectivity index (χ4n) is 4.53. The summed E-state index contributed by atoms with van der Waals surface area (Å²) < 4.78 is 5.93. The minimum atomic E-state index is 0.0985. The average Bonchev–Trinajstić information content (AvgIpc) is 2.68. The van der Waals surface area contributed by atoms with Crippen molar-refractivity contribution in [2.75, 3.05) is 31.1 Å². The van der Waals surface area contributed by atoms with Gasteiger partial charge in [0.25, 0.3) is 0 Å². The Morgan fingerprint density at radius 1 is 1.12 bits per heavy atom. The molecule has 3 fully saturated rings. The van der Waals surface area contributed by atoms with Crippen LogP contribution in [0.4, 0.5) is 5.82 Å². The van der Waals surface area contributed by atoms with Crippen molar-refractivity contribution in [1.82, 2.24) is 9.88 Å². The molecule has 130 valence electrons. The van der Waals surface area contributed by atoms with Gasteiger partial charge in [0.05, 0.1) is 24.7 Å². The van der Waals surface area contributed by atoms with Gasteiger partial charge in [-0.05, 0) is 37.8 Å². The maximum absolute atomic E-state index is 13.2. The van der Waals surface area contributed by atoms with Gasteiger partial charge in [-0.3, -0.25) is 4.79 Å². The first-order valence-electron chi connectivity index (χ1n) is 9.41. The smallest absolute Gasteiger partial charge is 0.227 e. The first-order chi connectivity index (χ1) is 11.8. The number of aromatic nitrogens is 1. The molecule has 0 unspecified atom stereocenters. The predicted octanol–water partition coefficient (Wildman–Crippen LogP) is 2.47. The van der Waals surface area contributed by atoms with Crippen LogP contribution >= 0.6 is 0 Å². The number of hydrogen-bond acceptors (Lipinski definition) is 4. The molecule has 24 heavy (non-hydrogen) atoms. The van der Waals surface area contributed by atoms with E-state index in [0.717, 1.165) is 51.1 Å². The second-order valence-electron chi connectivity index (χ2n) is 7.27. The lowest BCUT2D eigenvalue weighted by Crippen LogP contribution is -2.57. The summed E-state index contributed by atoms with van der Waals surface area (Å²) in [7, 11) is 0. The van der Waals surface area contributed by atoms with Crippen LogP contribution in [0, 0.1) is 5.92 Å². The molecule has 0 aromatic carbocycles. The van der Waals surface area contributed by atoms with Crippen molar-refractivity contribution < 1.29 is 9.53 Å². The largest absolute Gasteiger partial charge is 0.374 e. The van der Waals surface area contributed by atoms with Crippen molar-refractivity contribution in [3.63, 3.8) is 0 Å². The van der Waals surface area contributed by atoms with E-state index in [4.69, 9.17) is 4.74 Å². The van der Waals surface area contributed by atoms with Gasteiger partial charge in [0, 0.05) is 25.8 Å². The van der Waals surface area contributed by atoms with Crippen LogP contribution in [0.15, 0.2) is 24.4 Å². The molecule has 5 nitrogen and oxygen atoms in total. The van der Waals surface area contributed by atoms with Crippen LogP contribution in [0.3, 0.4) is 0 Å². The third-order valence-corrected chi connectivity index (χ3v) is 5.76. The van der Waals surface area contributed by atoms with E-state index in [1.165, 1.54) is 12.8 Å². The lowest BCUT2D eigenvalue weighted by molar-refractivity contribution is -0.154. The highest BCUT2D eigenvalue weighted by molar-refractivity contribution is 5.80. The van der Waals surface area contributed by atoms with Gasteiger partial charge in [-0.1, -0.05) is 18.9 Å². The first-order valence-corrected chi connectivity index (χ1v) is 9.41. The molecule has 0 spiro atoms. The summed E-state index contributed by atoms with van der Waals surface area (Å²) in [5.41, 5.74) is 0. The van der Waals surface area contributed by atoms with Crippen LogP contribution < -0.4 is 4.90 Å². The Balaban J connectivity index is 1.45. The lowest BCUT2D eigenvalue weighted by Gasteiger charge is -2.46. The van der Waals surface area contributed by atoms with Gasteiger partial charge in [0.2, 0.25) is 5.91 Å². The summed E-state index contributed by atoms with van der Waals surface area (Å²) in [6.45, 7) is 3.25. The Morgan fingerprint density at radius 3 is 2.92 bits per heavy atom. The van der Waals surface area contributed by atoms with E-state index in [9.17, 15) is 4.79 Å². The Kier molecular flexibility index (Phi) is 4.69. The maximum atomic E-state index is 13.2. The Labute approximate surface area is 144 Å². The van der Waals surface area contributed by atoms with Gasteiger partial charge in [-0.15, -0.1) is 0 Å². The third kappa shape index (κ3) is 3.14. The number of carbonyl (C=O) groups is 1. The van der Waals surface area contributed by atoms with Gasteiger partial charge in [0.1, 0.15) is 5.82 Å². The summed E-state index contributed by atoms with van der Waals surface area (Å²) in [5, 5.41) is 0. The minimum absolute atomic E-state index is 0.0985. The van der Waals surface area contributed by atoms with Crippen LogP contribution in [-0.2, 0) is 9.53 Å². The molecular formula is C19H27N3O2. The summed E-state index contributed by atoms with van der Waals surface area (Å²) in [5.74, 6) is 1.43. The molecule has 3 aliphatic rings. The highest BCUT2D eigenvalue weighted by Crippen LogP contribution is 2.31. The zero-order valence-corrected chi connectivity index (χ0v) is 14.3. The maximum Gasteiger partial charge on any atom is 0.227 e. The number of morpholine rings is 1. The van der Waals surface area contributed by atoms with Crippen molar-refractivity contribution in [1.29, 1.82) is 0 Å². The number of carbonyl (C=O) groups excluding carboxylic acids is 1. The zero-order valence-electron chi connectivity index (χ0n) is 14.3. The first kappa shape index (κ1) is 15.9. The molecule has 3 heterocycles. The second-order valence-corrected chi connectivity index (χ2v) is 7.27. The third-order valence-electron chi connectivity index (χ3n) is 5.76. The predicted molar refractivity (Wildman–Crippen MR) is 92.9 cm³/mol. The molecule has 2 saturated heterocycles. The number of hydrogen-bond donors (Lipinski definition) is 0. The van der Waals surface area contributed by atoms with Crippen molar-refractivity contribution >= 4 is 11.7 Å². The van der Waals surface area contributed by atoms with Crippen LogP contribution in [0.5, 0.6) is 0 Å². The number of ether oxygens (including phenoxy) is 1. The van der Waals surface area contributed by atoms with Crippen molar-refractivity contribution in [3.05, 3.63) is 24.4 Å². The van der Waals surface area contributed by atoms with Gasteiger partial charge in [0.15, 0.2) is 0 Å². The number of rotatable bonds is 2. The van der Waals surface area contributed by atoms with E-state index < -0.39 is 0 Å². The zero-order chi connectivity index (χ0) is 16.4. The molecule has 4 rings (SSSR count). The molecule has 1 saturated carbocycles. The van der Waals surface area contributed by atoms with E-state index in [1.807, 2.05) is 24.4 Å². The SMILES string of the molecule is O=C([C@@H]1CCCN(c2ccccn2)C1)N1CCO[C@H]2CCCC[C@@H]21. The van der Waals surface area contributed by atoms with E-state index in [1.54, 1.807) is 0 Å². The normalized spacial score (nSPS) is 30.8. The van der Waals surface area contributed by atoms with Gasteiger partial charge in [-0.2, -0.15) is 0 Å². The summed E-state index contributed by atoms with van der Waals surface area (Å²) in [4.78, 5) is 22.1. The molecule has 1 aromatic heterocycles. The highest BCUT2D eigenvalue weighted by Gasteiger charge is 2.39. The standard InChI is InChI=1S/C19H27N3O2/c23-19(22-12-13-24-17-8-2-1-7-16(17)22)15-6-5-11-21(14-15)18-9-3-4-10-20-18/h3-4,9-10,15-17H,1-2,5-8,11-14H2/t15-,16+,17+/m1/s1. The fraction of sp³-hybridized carbons (Fsp3) is 0.684. The molecule has 0 N–H and O–H groups in total. The number of anilines is 1. The molecule has 1 amide bonds. The fourth-order valence-corrected chi connectivity index (χ4v) is 4.53. The average molecular weight is 329 g/mol. The second kappa shape index (κ2) is 7.09. The molecule has 1 aliphatic carbocycles. The molecule has 0 radical (unpaired) electrons. The summed E-state index contributed by atoms with van der Waals surface area (Å²) >= 11 is 0. The highest BCUT2D eigenvalue weighted by atomic mass is 16.5. The number of piperidine rings is 1. The molecule has 2 aliphatic heterocycles. The number of nitrogens with zero attached hydrogens (tertiary/aromatic N) is 3. The number of amides is 1. The Bertz CT molecular complexity index is 563. The number of fused-ring (bicyclic) bond motifs is 1. The molecule has 1 aromatic rings. The van der Waals surface area contributed by atoms with E-state index in [0.29, 0.717) is 18.6 Å². The van der Waals surface area contributed by atoms with Gasteiger partial charge in [-0.25, -0.2) is 4.98 Å². The van der Waals surface area contributed by atoms with Crippen LogP contribution in [0.1, 0.15) is 38.5 Å². The molecule has 0 bridgehead atoms. The molecular weight excluding hydrogens is 302 g/mol. The quantitative estimate of drug-likeness (QED) is 0.836. The van der Waals surface area contributed by atoms with Crippen molar-refractivity contribution in [3.8, 4) is 0 Å². The van der Waals surface area contributed by atoms with Crippen LogP contribution in [0.25, 0.3) is 0 Å². The summed E-state index contributed by atoms with van der Waals surface area (Å²) in [6.07, 6.45) is 8.83. The van der Waals surface area contributed by atoms with Crippen LogP contribution in [0.2, 0.25) is 0 Å². The topological polar surface area (TPSA) is 45.7 Å². The van der Waals surface area contributed by atoms with E-state index >= 15 is 0 Å².